The third-order valence-corrected chi connectivity index (χ3v) is 5.85. The molecule has 0 radical (unpaired) electrons. The van der Waals surface area contributed by atoms with Crippen LogP contribution in [0.5, 0.6) is 0 Å². The van der Waals surface area contributed by atoms with E-state index in [4.69, 9.17) is 0 Å². The van der Waals surface area contributed by atoms with Crippen molar-refractivity contribution in [1.29, 1.82) is 0 Å². The highest BCUT2D eigenvalue weighted by Gasteiger charge is 2.59. The van der Waals surface area contributed by atoms with E-state index in [1.54, 1.807) is 0 Å². The zero-order valence-electron chi connectivity index (χ0n) is 13.1. The molecule has 1 N–H and O–H groups in total. The molecule has 1 aromatic carbocycles. The second-order valence-corrected chi connectivity index (χ2v) is 7.60. The van der Waals surface area contributed by atoms with Gasteiger partial charge < -0.3 is 4.90 Å². The summed E-state index contributed by atoms with van der Waals surface area (Å²) in [5.41, 5.74) is 2.25. The second-order valence-electron chi connectivity index (χ2n) is 6.32. The number of amides is 1. The molecule has 1 aliphatic carbocycles. The number of aryl methyl sites for hydroxylation is 1. The van der Waals surface area contributed by atoms with Crippen LogP contribution in [0.4, 0.5) is 0 Å². The summed E-state index contributed by atoms with van der Waals surface area (Å²) in [7, 11) is 0. The molecule has 2 aliphatic rings. The lowest BCUT2D eigenvalue weighted by atomic mass is 10.1. The van der Waals surface area contributed by atoms with Gasteiger partial charge in [-0.05, 0) is 43.6 Å². The fraction of sp³-hybridized carbons (Fsp3) is 0.588. The van der Waals surface area contributed by atoms with Crippen LogP contribution in [0.3, 0.4) is 0 Å². The monoisotopic (exact) mass is 304 g/mol. The van der Waals surface area contributed by atoms with E-state index in [1.807, 2.05) is 11.8 Å². The second kappa shape index (κ2) is 5.65. The van der Waals surface area contributed by atoms with Crippen molar-refractivity contribution >= 4 is 17.7 Å². The number of carbonyl (C=O) groups is 1. The number of carbonyl (C=O) groups excluding carboxylic acids is 1. The van der Waals surface area contributed by atoms with E-state index in [9.17, 15) is 4.79 Å². The lowest BCUT2D eigenvalue weighted by Gasteiger charge is -2.26. The molecule has 21 heavy (non-hydrogen) atoms. The van der Waals surface area contributed by atoms with Crippen LogP contribution >= 0.6 is 11.8 Å². The maximum atomic E-state index is 12.7. The summed E-state index contributed by atoms with van der Waals surface area (Å²) in [6.07, 6.45) is 5.21. The molecule has 3 nitrogen and oxygen atoms in total. The van der Waals surface area contributed by atoms with Crippen molar-refractivity contribution in [2.45, 2.75) is 50.1 Å². The molecule has 1 saturated carbocycles. The maximum absolute atomic E-state index is 12.7. The number of nitrogens with one attached hydrogen (secondary N) is 1. The Bertz CT molecular complexity index is 541. The lowest BCUT2D eigenvalue weighted by Crippen LogP contribution is -2.33. The zero-order valence-corrected chi connectivity index (χ0v) is 13.9. The fourth-order valence-corrected chi connectivity index (χ4v) is 3.43. The van der Waals surface area contributed by atoms with Gasteiger partial charge in [0.25, 0.3) is 0 Å². The van der Waals surface area contributed by atoms with Crippen LogP contribution in [0, 0.1) is 6.92 Å². The minimum absolute atomic E-state index is 0.0512. The van der Waals surface area contributed by atoms with E-state index >= 15 is 0 Å². The van der Waals surface area contributed by atoms with E-state index in [-0.39, 0.29) is 11.7 Å². The summed E-state index contributed by atoms with van der Waals surface area (Å²) in [4.78, 5) is 14.8. The normalized spacial score (nSPS) is 24.6. The molecule has 0 bridgehead atoms. The van der Waals surface area contributed by atoms with Gasteiger partial charge in [-0.3, -0.25) is 10.1 Å². The Hall–Kier alpha value is -1.00. The molecule has 2 fully saturated rings. The molecular weight excluding hydrogens is 280 g/mol. The van der Waals surface area contributed by atoms with Gasteiger partial charge >= 0.3 is 0 Å². The van der Waals surface area contributed by atoms with Gasteiger partial charge in [-0.15, -0.1) is 0 Å². The third kappa shape index (κ3) is 2.71. The van der Waals surface area contributed by atoms with Gasteiger partial charge in [0.1, 0.15) is 11.7 Å². The van der Waals surface area contributed by atoms with E-state index < -0.39 is 0 Å². The topological polar surface area (TPSA) is 32.3 Å². The Balaban J connectivity index is 1.83. The van der Waals surface area contributed by atoms with Crippen molar-refractivity contribution in [3.05, 3.63) is 35.4 Å². The Labute approximate surface area is 131 Å². The largest absolute Gasteiger partial charge is 0.321 e. The number of benzene rings is 1. The summed E-state index contributed by atoms with van der Waals surface area (Å²) in [5, 5.41) is 4.20. The number of nitrogens with zero attached hydrogens (tertiary/aromatic N) is 1. The number of hydrogen-bond acceptors (Lipinski definition) is 3. The highest BCUT2D eigenvalue weighted by Crippen LogP contribution is 2.46. The van der Waals surface area contributed by atoms with Gasteiger partial charge in [0, 0.05) is 11.8 Å². The summed E-state index contributed by atoms with van der Waals surface area (Å²) in [6.45, 7) is 5.20. The average Bonchev–Trinajstić information content (AvgIpc) is 3.21. The van der Waals surface area contributed by atoms with Crippen molar-refractivity contribution in [3.63, 3.8) is 0 Å². The molecule has 114 valence electrons. The fourth-order valence-electron chi connectivity index (χ4n) is 3.09. The Morgan fingerprint density at radius 3 is 2.76 bits per heavy atom. The molecule has 1 saturated heterocycles. The van der Waals surface area contributed by atoms with Crippen LogP contribution in [-0.4, -0.2) is 34.4 Å². The molecular formula is C17H24N2OS. The minimum atomic E-state index is -0.241. The molecule has 1 aromatic rings. The van der Waals surface area contributed by atoms with Crippen molar-refractivity contribution in [3.8, 4) is 0 Å². The zero-order chi connectivity index (χ0) is 15.0. The summed E-state index contributed by atoms with van der Waals surface area (Å²) in [5.74, 6) is 0.309. The third-order valence-electron chi connectivity index (χ3n) is 4.81. The van der Waals surface area contributed by atoms with Crippen LogP contribution in [0.1, 0.15) is 43.5 Å². The predicted molar refractivity (Wildman–Crippen MR) is 88.3 cm³/mol. The maximum Gasteiger partial charge on any atom is 0.244 e. The number of hydrogen-bond donors (Lipinski definition) is 1. The smallest absolute Gasteiger partial charge is 0.244 e. The molecule has 1 amide bonds. The van der Waals surface area contributed by atoms with E-state index in [2.05, 4.69) is 54.6 Å². The van der Waals surface area contributed by atoms with Crippen LogP contribution in [0.15, 0.2) is 24.3 Å². The summed E-state index contributed by atoms with van der Waals surface area (Å²) >= 11 is 1.87. The first-order valence-corrected chi connectivity index (χ1v) is 9.03. The van der Waals surface area contributed by atoms with Crippen molar-refractivity contribution < 1.29 is 4.79 Å². The van der Waals surface area contributed by atoms with Crippen LogP contribution < -0.4 is 5.32 Å². The first-order valence-electron chi connectivity index (χ1n) is 7.74. The molecule has 3 rings (SSSR count). The molecule has 1 heterocycles. The van der Waals surface area contributed by atoms with E-state index in [0.717, 1.165) is 25.8 Å². The summed E-state index contributed by atoms with van der Waals surface area (Å²) < 4.78 is 0. The van der Waals surface area contributed by atoms with E-state index in [0.29, 0.717) is 11.2 Å². The lowest BCUT2D eigenvalue weighted by molar-refractivity contribution is -0.130. The Morgan fingerprint density at radius 1 is 1.43 bits per heavy atom. The van der Waals surface area contributed by atoms with Gasteiger partial charge in [0.2, 0.25) is 5.91 Å². The van der Waals surface area contributed by atoms with Gasteiger partial charge in [-0.1, -0.05) is 31.2 Å². The highest BCUT2D eigenvalue weighted by molar-refractivity contribution is 7.99. The van der Waals surface area contributed by atoms with Gasteiger partial charge in [0.05, 0.1) is 0 Å². The number of rotatable bonds is 5. The summed E-state index contributed by atoms with van der Waals surface area (Å²) in [6, 6.07) is 8.40. The van der Waals surface area contributed by atoms with Gasteiger partial charge in [0.15, 0.2) is 0 Å². The Kier molecular flexibility index (Phi) is 4.02. The van der Waals surface area contributed by atoms with Crippen molar-refractivity contribution in [2.24, 2.45) is 0 Å². The van der Waals surface area contributed by atoms with E-state index in [1.165, 1.54) is 11.1 Å². The van der Waals surface area contributed by atoms with Gasteiger partial charge in [-0.2, -0.15) is 11.8 Å². The average molecular weight is 304 g/mol. The van der Waals surface area contributed by atoms with Crippen molar-refractivity contribution in [1.82, 2.24) is 10.2 Å². The first kappa shape index (κ1) is 14.9. The molecule has 4 heteroatoms. The molecule has 1 aliphatic heterocycles. The minimum Gasteiger partial charge on any atom is -0.321 e. The highest BCUT2D eigenvalue weighted by atomic mass is 32.2. The Morgan fingerprint density at radius 2 is 2.14 bits per heavy atom. The quantitative estimate of drug-likeness (QED) is 0.907. The first-order chi connectivity index (χ1) is 10.1. The SMILES string of the molecule is CSC(C)CCN1C(=O)C2(CC2)NC1c1ccccc1C. The van der Waals surface area contributed by atoms with Crippen LogP contribution in [0.2, 0.25) is 0 Å². The van der Waals surface area contributed by atoms with Crippen LogP contribution in [-0.2, 0) is 4.79 Å². The standard InChI is InChI=1S/C17H24N2OS/c1-12-6-4-5-7-14(12)15-18-17(9-10-17)16(20)19(15)11-8-13(2)21-3/h4-7,13,15,18H,8-11H2,1-3H3. The van der Waals surface area contributed by atoms with Crippen molar-refractivity contribution in [2.75, 3.05) is 12.8 Å². The molecule has 2 atom stereocenters. The van der Waals surface area contributed by atoms with Gasteiger partial charge in [-0.25, -0.2) is 0 Å². The predicted octanol–water partition coefficient (Wildman–Crippen LogP) is 3.10. The molecule has 0 aromatic heterocycles. The van der Waals surface area contributed by atoms with Crippen LogP contribution in [0.25, 0.3) is 0 Å². The number of thioether (sulfide) groups is 1. The molecule has 2 unspecified atom stereocenters. The molecule has 1 spiro atoms.